The van der Waals surface area contributed by atoms with Gasteiger partial charge in [0, 0.05) is 19.1 Å². The first-order valence-corrected chi connectivity index (χ1v) is 7.18. The minimum Gasteiger partial charge on any atom is -0.342 e. The van der Waals surface area contributed by atoms with Crippen molar-refractivity contribution in [1.29, 1.82) is 0 Å². The number of likely N-dealkylation sites (N-methyl/N-ethyl adjacent to an activating group) is 1. The third-order valence-corrected chi connectivity index (χ3v) is 4.09. The Morgan fingerprint density at radius 3 is 2.47 bits per heavy atom. The Balaban J connectivity index is 2.47. The molecule has 3 unspecified atom stereocenters. The molecule has 1 amide bonds. The predicted molar refractivity (Wildman–Crippen MR) is 71.9 cm³/mol. The Kier molecular flexibility index (Phi) is 5.96. The van der Waals surface area contributed by atoms with E-state index in [1.807, 2.05) is 25.7 Å². The molecule has 0 heterocycles. The lowest BCUT2D eigenvalue weighted by atomic mass is 10.00. The summed E-state index contributed by atoms with van der Waals surface area (Å²) in [6.07, 6.45) is 5.08. The smallest absolute Gasteiger partial charge is 0.239 e. The van der Waals surface area contributed by atoms with Gasteiger partial charge in [-0.25, -0.2) is 0 Å². The van der Waals surface area contributed by atoms with Gasteiger partial charge in [0.25, 0.3) is 0 Å². The molecule has 0 aromatic carbocycles. The minimum atomic E-state index is -0.0351. The van der Waals surface area contributed by atoms with E-state index in [9.17, 15) is 4.79 Å². The topological polar surface area (TPSA) is 32.3 Å². The van der Waals surface area contributed by atoms with Gasteiger partial charge in [-0.15, -0.1) is 0 Å². The van der Waals surface area contributed by atoms with Crippen LogP contribution in [-0.4, -0.2) is 36.0 Å². The van der Waals surface area contributed by atoms with Crippen LogP contribution in [0.2, 0.25) is 0 Å². The zero-order valence-corrected chi connectivity index (χ0v) is 11.8. The van der Waals surface area contributed by atoms with E-state index in [4.69, 9.17) is 0 Å². The summed E-state index contributed by atoms with van der Waals surface area (Å²) in [5.74, 6) is 1.01. The standard InChI is InChI=1S/C14H28N2O/c1-5-12-9-8-10-13(12)15-11(4)14(17)16(6-2)7-3/h11-13,15H,5-10H2,1-4H3. The molecule has 17 heavy (non-hydrogen) atoms. The zero-order chi connectivity index (χ0) is 12.8. The molecule has 1 fully saturated rings. The summed E-state index contributed by atoms with van der Waals surface area (Å²) >= 11 is 0. The summed E-state index contributed by atoms with van der Waals surface area (Å²) in [5, 5.41) is 3.54. The van der Waals surface area contributed by atoms with Crippen LogP contribution in [-0.2, 0) is 4.79 Å². The molecular weight excluding hydrogens is 212 g/mol. The predicted octanol–water partition coefficient (Wildman–Crippen LogP) is 2.41. The zero-order valence-electron chi connectivity index (χ0n) is 11.8. The Bertz CT molecular complexity index is 238. The van der Waals surface area contributed by atoms with E-state index in [1.54, 1.807) is 0 Å². The fourth-order valence-electron chi connectivity index (χ4n) is 2.95. The lowest BCUT2D eigenvalue weighted by Gasteiger charge is -2.28. The maximum absolute atomic E-state index is 12.2. The van der Waals surface area contributed by atoms with Crippen molar-refractivity contribution in [1.82, 2.24) is 10.2 Å². The maximum Gasteiger partial charge on any atom is 0.239 e. The molecule has 0 radical (unpaired) electrons. The molecule has 1 aliphatic carbocycles. The van der Waals surface area contributed by atoms with E-state index in [-0.39, 0.29) is 11.9 Å². The van der Waals surface area contributed by atoms with Crippen molar-refractivity contribution in [2.24, 2.45) is 5.92 Å². The van der Waals surface area contributed by atoms with Crippen molar-refractivity contribution in [3.63, 3.8) is 0 Å². The molecule has 100 valence electrons. The fraction of sp³-hybridized carbons (Fsp3) is 0.929. The summed E-state index contributed by atoms with van der Waals surface area (Å²) in [5.41, 5.74) is 0. The van der Waals surface area contributed by atoms with Gasteiger partial charge < -0.3 is 10.2 Å². The molecule has 0 aromatic rings. The summed E-state index contributed by atoms with van der Waals surface area (Å²) in [7, 11) is 0. The first-order chi connectivity index (χ1) is 8.13. The Labute approximate surface area is 106 Å². The van der Waals surface area contributed by atoms with Crippen LogP contribution in [0.25, 0.3) is 0 Å². The lowest BCUT2D eigenvalue weighted by molar-refractivity contribution is -0.132. The lowest BCUT2D eigenvalue weighted by Crippen LogP contribution is -2.49. The molecule has 0 bridgehead atoms. The average molecular weight is 240 g/mol. The van der Waals surface area contributed by atoms with Crippen LogP contribution in [0.15, 0.2) is 0 Å². The van der Waals surface area contributed by atoms with Crippen LogP contribution < -0.4 is 5.32 Å². The second-order valence-electron chi connectivity index (χ2n) is 5.10. The van der Waals surface area contributed by atoms with Crippen molar-refractivity contribution in [3.8, 4) is 0 Å². The number of rotatable bonds is 6. The van der Waals surface area contributed by atoms with Gasteiger partial charge in [0.05, 0.1) is 6.04 Å². The molecule has 1 N–H and O–H groups in total. The number of hydrogen-bond donors (Lipinski definition) is 1. The maximum atomic E-state index is 12.2. The number of nitrogens with zero attached hydrogens (tertiary/aromatic N) is 1. The van der Waals surface area contributed by atoms with Gasteiger partial charge in [0.2, 0.25) is 5.91 Å². The molecule has 3 nitrogen and oxygen atoms in total. The van der Waals surface area contributed by atoms with Crippen molar-refractivity contribution in [3.05, 3.63) is 0 Å². The van der Waals surface area contributed by atoms with Crippen molar-refractivity contribution >= 4 is 5.91 Å². The highest BCUT2D eigenvalue weighted by Crippen LogP contribution is 2.28. The van der Waals surface area contributed by atoms with Crippen molar-refractivity contribution in [2.45, 2.75) is 65.5 Å². The van der Waals surface area contributed by atoms with E-state index >= 15 is 0 Å². The second kappa shape index (κ2) is 7.00. The molecule has 1 saturated carbocycles. The molecule has 0 aliphatic heterocycles. The molecular formula is C14H28N2O. The highest BCUT2D eigenvalue weighted by Gasteiger charge is 2.29. The largest absolute Gasteiger partial charge is 0.342 e. The highest BCUT2D eigenvalue weighted by atomic mass is 16.2. The number of nitrogens with one attached hydrogen (secondary N) is 1. The fourth-order valence-corrected chi connectivity index (χ4v) is 2.95. The van der Waals surface area contributed by atoms with Gasteiger partial charge in [-0.1, -0.05) is 19.8 Å². The summed E-state index contributed by atoms with van der Waals surface area (Å²) in [4.78, 5) is 14.1. The second-order valence-corrected chi connectivity index (χ2v) is 5.10. The monoisotopic (exact) mass is 240 g/mol. The van der Waals surface area contributed by atoms with E-state index in [0.717, 1.165) is 19.0 Å². The summed E-state index contributed by atoms with van der Waals surface area (Å²) in [6.45, 7) is 9.96. The van der Waals surface area contributed by atoms with Crippen LogP contribution in [0.3, 0.4) is 0 Å². The highest BCUT2D eigenvalue weighted by molar-refractivity contribution is 5.81. The molecule has 3 atom stereocenters. The molecule has 0 aromatic heterocycles. The molecule has 0 spiro atoms. The van der Waals surface area contributed by atoms with Gasteiger partial charge in [-0.2, -0.15) is 0 Å². The van der Waals surface area contributed by atoms with Crippen LogP contribution in [0.4, 0.5) is 0 Å². The SMILES string of the molecule is CCC1CCCC1NC(C)C(=O)N(CC)CC. The molecule has 1 aliphatic rings. The first-order valence-electron chi connectivity index (χ1n) is 7.18. The van der Waals surface area contributed by atoms with Gasteiger partial charge >= 0.3 is 0 Å². The van der Waals surface area contributed by atoms with Gasteiger partial charge in [-0.05, 0) is 39.5 Å². The normalized spacial score (nSPS) is 25.9. The van der Waals surface area contributed by atoms with Crippen molar-refractivity contribution in [2.75, 3.05) is 13.1 Å². The molecule has 1 rings (SSSR count). The number of carbonyl (C=O) groups excluding carboxylic acids is 1. The van der Waals surface area contributed by atoms with Crippen LogP contribution in [0.5, 0.6) is 0 Å². The first kappa shape index (κ1) is 14.5. The molecule has 0 saturated heterocycles. The third-order valence-electron chi connectivity index (χ3n) is 4.09. The Morgan fingerprint density at radius 2 is 1.94 bits per heavy atom. The van der Waals surface area contributed by atoms with Crippen LogP contribution in [0, 0.1) is 5.92 Å². The third kappa shape index (κ3) is 3.70. The van der Waals surface area contributed by atoms with Crippen LogP contribution >= 0.6 is 0 Å². The Morgan fingerprint density at radius 1 is 1.29 bits per heavy atom. The Hall–Kier alpha value is -0.570. The number of hydrogen-bond acceptors (Lipinski definition) is 2. The van der Waals surface area contributed by atoms with E-state index in [0.29, 0.717) is 6.04 Å². The number of amides is 1. The van der Waals surface area contributed by atoms with Gasteiger partial charge in [0.15, 0.2) is 0 Å². The van der Waals surface area contributed by atoms with E-state index in [1.165, 1.54) is 25.7 Å². The van der Waals surface area contributed by atoms with Crippen molar-refractivity contribution < 1.29 is 4.79 Å². The van der Waals surface area contributed by atoms with E-state index in [2.05, 4.69) is 12.2 Å². The molecule has 3 heteroatoms. The van der Waals surface area contributed by atoms with E-state index < -0.39 is 0 Å². The summed E-state index contributed by atoms with van der Waals surface area (Å²) in [6, 6.07) is 0.515. The number of carbonyl (C=O) groups is 1. The summed E-state index contributed by atoms with van der Waals surface area (Å²) < 4.78 is 0. The van der Waals surface area contributed by atoms with Gasteiger partial charge in [-0.3, -0.25) is 4.79 Å². The minimum absolute atomic E-state index is 0.0351. The van der Waals surface area contributed by atoms with Crippen LogP contribution in [0.1, 0.15) is 53.4 Å². The average Bonchev–Trinajstić information content (AvgIpc) is 2.77. The van der Waals surface area contributed by atoms with Gasteiger partial charge in [0.1, 0.15) is 0 Å². The quantitative estimate of drug-likeness (QED) is 0.773.